The summed E-state index contributed by atoms with van der Waals surface area (Å²) in [4.78, 5) is 22.8. The van der Waals surface area contributed by atoms with E-state index in [0.717, 1.165) is 31.2 Å². The molecule has 0 aliphatic carbocycles. The van der Waals surface area contributed by atoms with Crippen molar-refractivity contribution in [2.75, 3.05) is 20.0 Å². The fraction of sp³-hybridized carbons (Fsp3) is 0.692. The summed E-state index contributed by atoms with van der Waals surface area (Å²) in [5, 5.41) is 11.0. The molecule has 0 spiro atoms. The van der Waals surface area contributed by atoms with Crippen molar-refractivity contribution in [2.24, 2.45) is 0 Å². The summed E-state index contributed by atoms with van der Waals surface area (Å²) < 4.78 is 9.42. The number of thioether (sulfide) groups is 1. The van der Waals surface area contributed by atoms with Crippen molar-refractivity contribution in [3.05, 3.63) is 35.4 Å². The summed E-state index contributed by atoms with van der Waals surface area (Å²) in [7, 11) is 2.78. The predicted octanol–water partition coefficient (Wildman–Crippen LogP) is 6.02. The lowest BCUT2D eigenvalue weighted by Crippen LogP contribution is -2.17. The molecule has 5 nitrogen and oxygen atoms in total. The van der Waals surface area contributed by atoms with Crippen LogP contribution in [-0.4, -0.2) is 42.3 Å². The maximum absolute atomic E-state index is 11.4. The molecule has 0 aliphatic rings. The van der Waals surface area contributed by atoms with Gasteiger partial charge in [0.2, 0.25) is 0 Å². The van der Waals surface area contributed by atoms with E-state index >= 15 is 0 Å². The van der Waals surface area contributed by atoms with Crippen LogP contribution in [-0.2, 0) is 25.5 Å². The molecule has 0 saturated carbocycles. The number of methoxy groups -OCH3 is 2. The minimum Gasteiger partial charge on any atom is -0.469 e. The van der Waals surface area contributed by atoms with Crippen molar-refractivity contribution in [3.8, 4) is 0 Å². The van der Waals surface area contributed by atoms with Gasteiger partial charge in [-0.15, -0.1) is 0 Å². The highest BCUT2D eigenvalue weighted by Crippen LogP contribution is 2.31. The van der Waals surface area contributed by atoms with Crippen LogP contribution in [0.1, 0.15) is 94.8 Å². The Hall–Kier alpha value is -1.53. The molecule has 1 N–H and O–H groups in total. The van der Waals surface area contributed by atoms with Crippen molar-refractivity contribution < 1.29 is 24.2 Å². The quantitative estimate of drug-likeness (QED) is 0.211. The summed E-state index contributed by atoms with van der Waals surface area (Å²) in [6.45, 7) is 2.24. The van der Waals surface area contributed by atoms with Crippen LogP contribution in [0.4, 0.5) is 0 Å². The highest BCUT2D eigenvalue weighted by molar-refractivity contribution is 7.99. The second-order valence-electron chi connectivity index (χ2n) is 8.26. The molecule has 2 atom stereocenters. The van der Waals surface area contributed by atoms with E-state index in [1.54, 1.807) is 11.8 Å². The van der Waals surface area contributed by atoms with E-state index < -0.39 is 6.10 Å². The summed E-state index contributed by atoms with van der Waals surface area (Å²) in [5.41, 5.74) is 2.21. The SMILES string of the molecule is CCCCCCCCc1ccc(C(O)C(CCCCC(=O)OC)SCCC(=O)OC)cc1. The van der Waals surface area contributed by atoms with Gasteiger partial charge in [-0.2, -0.15) is 11.8 Å². The van der Waals surface area contributed by atoms with Crippen LogP contribution in [0.5, 0.6) is 0 Å². The van der Waals surface area contributed by atoms with Gasteiger partial charge >= 0.3 is 11.9 Å². The zero-order chi connectivity index (χ0) is 23.6. The molecule has 0 radical (unpaired) electrons. The molecule has 2 unspecified atom stereocenters. The minimum atomic E-state index is -0.612. The number of aliphatic hydroxyl groups excluding tert-OH is 1. The number of benzene rings is 1. The Labute approximate surface area is 198 Å². The third-order valence-corrected chi connectivity index (χ3v) is 7.07. The number of unbranched alkanes of at least 4 members (excludes halogenated alkanes) is 6. The highest BCUT2D eigenvalue weighted by Gasteiger charge is 2.22. The van der Waals surface area contributed by atoms with Crippen LogP contribution in [0.25, 0.3) is 0 Å². The first-order chi connectivity index (χ1) is 15.5. The predicted molar refractivity (Wildman–Crippen MR) is 132 cm³/mol. The molecule has 0 heterocycles. The molecule has 0 aliphatic heterocycles. The second-order valence-corrected chi connectivity index (χ2v) is 9.61. The van der Waals surface area contributed by atoms with E-state index in [1.807, 2.05) is 12.1 Å². The largest absolute Gasteiger partial charge is 0.469 e. The number of aryl methyl sites for hydroxylation is 1. The summed E-state index contributed by atoms with van der Waals surface area (Å²) in [5.74, 6) is 0.151. The molecular formula is C26H42O5S. The standard InChI is InChI=1S/C26H42O5S/c1-4-5-6-7-8-9-12-21-15-17-22(18-16-21)26(29)23(32-20-19-25(28)31-3)13-10-11-14-24(27)30-2/h15-18,23,26,29H,4-14,19-20H2,1-3H3. The van der Waals surface area contributed by atoms with E-state index in [4.69, 9.17) is 9.47 Å². The highest BCUT2D eigenvalue weighted by atomic mass is 32.2. The van der Waals surface area contributed by atoms with E-state index in [0.29, 0.717) is 18.6 Å². The van der Waals surface area contributed by atoms with Crippen molar-refractivity contribution in [1.82, 2.24) is 0 Å². The molecule has 1 aromatic rings. The monoisotopic (exact) mass is 466 g/mol. The molecule has 0 saturated heterocycles. The number of hydrogen-bond donors (Lipinski definition) is 1. The van der Waals surface area contributed by atoms with Gasteiger partial charge in [0.15, 0.2) is 0 Å². The Morgan fingerprint density at radius 2 is 1.50 bits per heavy atom. The van der Waals surface area contributed by atoms with Gasteiger partial charge in [0.05, 0.1) is 26.7 Å². The van der Waals surface area contributed by atoms with Gasteiger partial charge in [-0.05, 0) is 36.8 Å². The van der Waals surface area contributed by atoms with Crippen molar-refractivity contribution in [1.29, 1.82) is 0 Å². The van der Waals surface area contributed by atoms with E-state index in [1.165, 1.54) is 58.3 Å². The lowest BCUT2D eigenvalue weighted by Gasteiger charge is -2.23. The molecule has 6 heteroatoms. The number of carbonyl (C=O) groups excluding carboxylic acids is 2. The topological polar surface area (TPSA) is 72.8 Å². The molecule has 0 aromatic heterocycles. The molecule has 182 valence electrons. The molecular weight excluding hydrogens is 424 g/mol. The van der Waals surface area contributed by atoms with Crippen molar-refractivity contribution in [3.63, 3.8) is 0 Å². The first-order valence-electron chi connectivity index (χ1n) is 12.0. The van der Waals surface area contributed by atoms with E-state index in [9.17, 15) is 14.7 Å². The number of rotatable bonds is 18. The zero-order valence-electron chi connectivity index (χ0n) is 20.1. The van der Waals surface area contributed by atoms with Gasteiger partial charge in [-0.1, -0.05) is 69.7 Å². The van der Waals surface area contributed by atoms with E-state index in [2.05, 4.69) is 19.1 Å². The molecule has 32 heavy (non-hydrogen) atoms. The van der Waals surface area contributed by atoms with Gasteiger partial charge in [-0.3, -0.25) is 9.59 Å². The third kappa shape index (κ3) is 12.5. The summed E-state index contributed by atoms with van der Waals surface area (Å²) >= 11 is 1.59. The van der Waals surface area contributed by atoms with Gasteiger partial charge in [0.25, 0.3) is 0 Å². The minimum absolute atomic E-state index is 0.0401. The van der Waals surface area contributed by atoms with Gasteiger partial charge in [-0.25, -0.2) is 0 Å². The lowest BCUT2D eigenvalue weighted by atomic mass is 9.99. The zero-order valence-corrected chi connectivity index (χ0v) is 21.0. The normalized spacial score (nSPS) is 12.9. The van der Waals surface area contributed by atoms with Gasteiger partial charge in [0, 0.05) is 17.4 Å². The molecule has 0 bridgehead atoms. The fourth-order valence-corrected chi connectivity index (χ4v) is 4.91. The number of carbonyl (C=O) groups is 2. The number of esters is 2. The summed E-state index contributed by atoms with van der Waals surface area (Å²) in [6.07, 6.45) is 11.2. The Bertz CT molecular complexity index is 632. The maximum Gasteiger partial charge on any atom is 0.306 e. The average Bonchev–Trinajstić information content (AvgIpc) is 2.82. The first-order valence-corrected chi connectivity index (χ1v) is 13.1. The average molecular weight is 467 g/mol. The number of ether oxygens (including phenoxy) is 2. The Morgan fingerprint density at radius 1 is 0.875 bits per heavy atom. The third-order valence-electron chi connectivity index (χ3n) is 5.71. The number of hydrogen-bond acceptors (Lipinski definition) is 6. The van der Waals surface area contributed by atoms with Crippen LogP contribution < -0.4 is 0 Å². The van der Waals surface area contributed by atoms with Crippen LogP contribution in [0.3, 0.4) is 0 Å². The molecule has 1 aromatic carbocycles. The van der Waals surface area contributed by atoms with Gasteiger partial charge < -0.3 is 14.6 Å². The Balaban J connectivity index is 2.57. The fourth-order valence-electron chi connectivity index (χ4n) is 3.65. The van der Waals surface area contributed by atoms with E-state index in [-0.39, 0.29) is 17.2 Å². The Morgan fingerprint density at radius 3 is 2.16 bits per heavy atom. The van der Waals surface area contributed by atoms with Crippen LogP contribution in [0, 0.1) is 0 Å². The first kappa shape index (κ1) is 28.5. The molecule has 1 rings (SSSR count). The molecule has 0 fully saturated rings. The van der Waals surface area contributed by atoms with Gasteiger partial charge in [0.1, 0.15) is 0 Å². The lowest BCUT2D eigenvalue weighted by molar-refractivity contribution is -0.141. The number of aliphatic hydroxyl groups is 1. The van der Waals surface area contributed by atoms with Crippen LogP contribution >= 0.6 is 11.8 Å². The second kappa shape index (κ2) is 18.0. The van der Waals surface area contributed by atoms with Crippen LogP contribution in [0.2, 0.25) is 0 Å². The summed E-state index contributed by atoms with van der Waals surface area (Å²) in [6, 6.07) is 8.30. The van der Waals surface area contributed by atoms with Crippen molar-refractivity contribution >= 4 is 23.7 Å². The smallest absolute Gasteiger partial charge is 0.306 e. The Kier molecular flexibility index (Phi) is 16.0. The molecule has 0 amide bonds. The maximum atomic E-state index is 11.4. The van der Waals surface area contributed by atoms with Crippen molar-refractivity contribution in [2.45, 2.75) is 95.3 Å². The van der Waals surface area contributed by atoms with Crippen LogP contribution in [0.15, 0.2) is 24.3 Å².